The van der Waals surface area contributed by atoms with Crippen molar-refractivity contribution in [3.8, 4) is 5.75 Å². The van der Waals surface area contributed by atoms with Crippen LogP contribution in [0.4, 0.5) is 4.39 Å². The highest BCUT2D eigenvalue weighted by Gasteiger charge is 2.34. The fraction of sp³-hybridized carbons (Fsp3) is 0.625. The van der Waals surface area contributed by atoms with Crippen molar-refractivity contribution in [2.24, 2.45) is 5.92 Å². The predicted molar refractivity (Wildman–Crippen MR) is 87.5 cm³/mol. The highest BCUT2D eigenvalue weighted by molar-refractivity contribution is 7.86. The maximum absolute atomic E-state index is 13.6. The van der Waals surface area contributed by atoms with Gasteiger partial charge in [0.1, 0.15) is 0 Å². The van der Waals surface area contributed by atoms with Gasteiger partial charge in [0.25, 0.3) is 10.2 Å². The van der Waals surface area contributed by atoms with E-state index in [4.69, 9.17) is 9.47 Å². The van der Waals surface area contributed by atoms with Crippen LogP contribution in [-0.2, 0) is 14.9 Å². The van der Waals surface area contributed by atoms with Gasteiger partial charge < -0.3 is 9.47 Å². The first kappa shape index (κ1) is 17.6. The third-order valence-electron chi connectivity index (χ3n) is 4.42. The van der Waals surface area contributed by atoms with Crippen LogP contribution in [0.1, 0.15) is 12.8 Å². The van der Waals surface area contributed by atoms with Gasteiger partial charge in [0.2, 0.25) is 0 Å². The van der Waals surface area contributed by atoms with E-state index < -0.39 is 16.0 Å². The number of morpholine rings is 1. The highest BCUT2D eigenvalue weighted by atomic mass is 32.2. The third-order valence-corrected chi connectivity index (χ3v) is 6.42. The van der Waals surface area contributed by atoms with Crippen LogP contribution in [0.2, 0.25) is 0 Å². The summed E-state index contributed by atoms with van der Waals surface area (Å²) in [5, 5.41) is 0. The minimum atomic E-state index is -3.45. The van der Waals surface area contributed by atoms with Crippen molar-refractivity contribution in [2.45, 2.75) is 12.8 Å². The van der Waals surface area contributed by atoms with Crippen LogP contribution in [0.15, 0.2) is 24.3 Å². The summed E-state index contributed by atoms with van der Waals surface area (Å²) in [6, 6.07) is 6.26. The number of rotatable bonds is 5. The van der Waals surface area contributed by atoms with Gasteiger partial charge in [-0.05, 0) is 25.0 Å². The van der Waals surface area contributed by atoms with Gasteiger partial charge in [-0.1, -0.05) is 12.1 Å². The van der Waals surface area contributed by atoms with E-state index in [1.807, 2.05) is 0 Å². The number of piperidine rings is 1. The van der Waals surface area contributed by atoms with Crippen LogP contribution in [0.3, 0.4) is 0 Å². The minimum Gasteiger partial charge on any atom is -0.490 e. The van der Waals surface area contributed by atoms with Crippen LogP contribution in [0.5, 0.6) is 5.75 Å². The molecule has 1 aromatic rings. The average Bonchev–Trinajstić information content (AvgIpc) is 2.62. The molecule has 0 bridgehead atoms. The molecule has 134 valence electrons. The summed E-state index contributed by atoms with van der Waals surface area (Å²) in [4.78, 5) is 0. The minimum absolute atomic E-state index is 0.0640. The molecule has 1 aromatic carbocycles. The Hall–Kier alpha value is -1.22. The zero-order valence-corrected chi connectivity index (χ0v) is 14.4. The van der Waals surface area contributed by atoms with Crippen molar-refractivity contribution in [3.63, 3.8) is 0 Å². The van der Waals surface area contributed by atoms with Crippen LogP contribution < -0.4 is 4.74 Å². The lowest BCUT2D eigenvalue weighted by atomic mass is 10.0. The van der Waals surface area contributed by atoms with E-state index in [0.717, 1.165) is 12.8 Å². The van der Waals surface area contributed by atoms with Gasteiger partial charge in [0.15, 0.2) is 11.6 Å². The van der Waals surface area contributed by atoms with Gasteiger partial charge >= 0.3 is 0 Å². The Bertz CT molecular complexity index is 649. The lowest BCUT2D eigenvalue weighted by Crippen LogP contribution is -2.51. The van der Waals surface area contributed by atoms with Crippen LogP contribution in [0, 0.1) is 11.7 Å². The maximum Gasteiger partial charge on any atom is 0.282 e. The van der Waals surface area contributed by atoms with E-state index in [9.17, 15) is 12.8 Å². The first-order valence-corrected chi connectivity index (χ1v) is 9.67. The first-order chi connectivity index (χ1) is 11.6. The number of nitrogens with zero attached hydrogens (tertiary/aromatic N) is 2. The number of benzene rings is 1. The molecule has 2 heterocycles. The van der Waals surface area contributed by atoms with Crippen molar-refractivity contribution in [2.75, 3.05) is 46.0 Å². The second kappa shape index (κ2) is 7.77. The number of para-hydroxylation sites is 1. The van der Waals surface area contributed by atoms with E-state index in [0.29, 0.717) is 46.0 Å². The number of ether oxygens (including phenoxy) is 2. The van der Waals surface area contributed by atoms with Crippen LogP contribution in [0.25, 0.3) is 0 Å². The molecule has 2 fully saturated rings. The summed E-state index contributed by atoms with van der Waals surface area (Å²) < 4.78 is 52.8. The molecule has 0 aromatic heterocycles. The molecule has 2 aliphatic heterocycles. The second-order valence-electron chi connectivity index (χ2n) is 6.13. The Morgan fingerprint density at radius 2 is 1.92 bits per heavy atom. The van der Waals surface area contributed by atoms with E-state index >= 15 is 0 Å². The van der Waals surface area contributed by atoms with Crippen molar-refractivity contribution in [3.05, 3.63) is 30.1 Å². The molecule has 0 saturated carbocycles. The molecule has 2 aliphatic rings. The summed E-state index contributed by atoms with van der Waals surface area (Å²) in [7, 11) is -3.45. The molecule has 0 unspecified atom stereocenters. The Labute approximate surface area is 142 Å². The molecule has 0 amide bonds. The normalized spacial score (nSPS) is 24.0. The smallest absolute Gasteiger partial charge is 0.282 e. The van der Waals surface area contributed by atoms with Gasteiger partial charge in [0.05, 0.1) is 19.8 Å². The fourth-order valence-electron chi connectivity index (χ4n) is 3.08. The quantitative estimate of drug-likeness (QED) is 0.800. The van der Waals surface area contributed by atoms with E-state index in [1.165, 1.54) is 14.7 Å². The van der Waals surface area contributed by atoms with Crippen molar-refractivity contribution in [1.29, 1.82) is 0 Å². The molecule has 24 heavy (non-hydrogen) atoms. The van der Waals surface area contributed by atoms with E-state index in [1.54, 1.807) is 18.2 Å². The van der Waals surface area contributed by atoms with Gasteiger partial charge in [-0.15, -0.1) is 0 Å². The molecule has 0 aliphatic carbocycles. The molecule has 0 radical (unpaired) electrons. The number of hydrogen-bond donors (Lipinski definition) is 0. The summed E-state index contributed by atoms with van der Waals surface area (Å²) in [6.45, 7) is 2.92. The molecule has 0 N–H and O–H groups in total. The number of halogens is 1. The first-order valence-electron chi connectivity index (χ1n) is 8.27. The summed E-state index contributed by atoms with van der Waals surface area (Å²) in [6.07, 6.45) is 1.67. The Balaban J connectivity index is 1.58. The monoisotopic (exact) mass is 358 g/mol. The van der Waals surface area contributed by atoms with Gasteiger partial charge in [-0.25, -0.2) is 4.39 Å². The summed E-state index contributed by atoms with van der Waals surface area (Å²) in [5.74, 6) is -0.120. The maximum atomic E-state index is 13.6. The third kappa shape index (κ3) is 4.05. The van der Waals surface area contributed by atoms with Crippen molar-refractivity contribution >= 4 is 10.2 Å². The molecular formula is C16H23FN2O4S. The van der Waals surface area contributed by atoms with E-state index in [-0.39, 0.29) is 11.7 Å². The fourth-order valence-corrected chi connectivity index (χ4v) is 4.78. The zero-order valence-electron chi connectivity index (χ0n) is 13.6. The van der Waals surface area contributed by atoms with E-state index in [2.05, 4.69) is 0 Å². The average molecular weight is 358 g/mol. The number of hydrogen-bond acceptors (Lipinski definition) is 4. The Morgan fingerprint density at radius 1 is 1.17 bits per heavy atom. The van der Waals surface area contributed by atoms with Gasteiger partial charge in [-0.3, -0.25) is 0 Å². The SMILES string of the molecule is O=S(=O)(N1CCOCC1)N1CCC[C@H](COc2ccccc2F)C1. The lowest BCUT2D eigenvalue weighted by molar-refractivity contribution is 0.0684. The molecule has 2 saturated heterocycles. The lowest BCUT2D eigenvalue weighted by Gasteiger charge is -2.36. The van der Waals surface area contributed by atoms with Gasteiger partial charge in [0, 0.05) is 32.1 Å². The second-order valence-corrected chi connectivity index (χ2v) is 8.06. The van der Waals surface area contributed by atoms with Gasteiger partial charge in [-0.2, -0.15) is 17.0 Å². The summed E-state index contributed by atoms with van der Waals surface area (Å²) in [5.41, 5.74) is 0. The Kier molecular flexibility index (Phi) is 5.70. The largest absolute Gasteiger partial charge is 0.490 e. The molecule has 8 heteroatoms. The topological polar surface area (TPSA) is 59.1 Å². The molecule has 6 nitrogen and oxygen atoms in total. The Morgan fingerprint density at radius 3 is 2.67 bits per heavy atom. The molecule has 3 rings (SSSR count). The van der Waals surface area contributed by atoms with Crippen LogP contribution in [-0.4, -0.2) is 63.0 Å². The van der Waals surface area contributed by atoms with Crippen molar-refractivity contribution in [1.82, 2.24) is 8.61 Å². The zero-order chi connectivity index (χ0) is 17.0. The standard InChI is InChI=1S/C16H23FN2O4S/c17-15-5-1-2-6-16(15)23-13-14-4-3-7-19(12-14)24(20,21)18-8-10-22-11-9-18/h1-2,5-6,14H,3-4,7-13H2/t14-/m0/s1. The highest BCUT2D eigenvalue weighted by Crippen LogP contribution is 2.23. The van der Waals surface area contributed by atoms with Crippen LogP contribution >= 0.6 is 0 Å². The molecular weight excluding hydrogens is 335 g/mol. The summed E-state index contributed by atoms with van der Waals surface area (Å²) >= 11 is 0. The molecule has 1 atom stereocenters. The predicted octanol–water partition coefficient (Wildman–Crippen LogP) is 1.49. The molecule has 0 spiro atoms. The van der Waals surface area contributed by atoms with Crippen molar-refractivity contribution < 1.29 is 22.3 Å².